The standard InChI is InChI=1S/C30H31N3O3/c1-2-36-26-15-9-22(10-16-26)7-8-23-17-19-32(20-18-23)29(34)24-11-13-25(14-12-24)33-21-31-28-6-4-3-5-27(28)30(33)35/h3-6,9-16,21,23H,2,7-8,17-20H2,1H3. The molecule has 1 aliphatic rings. The third-order valence-electron chi connectivity index (χ3n) is 7.04. The van der Waals surface area contributed by atoms with Gasteiger partial charge in [0.1, 0.15) is 12.1 Å². The predicted octanol–water partition coefficient (Wildman–Crippen LogP) is 5.27. The molecule has 6 nitrogen and oxygen atoms in total. The molecule has 4 aromatic rings. The number of hydrogen-bond acceptors (Lipinski definition) is 4. The maximum Gasteiger partial charge on any atom is 0.265 e. The second-order valence-corrected chi connectivity index (χ2v) is 9.33. The van der Waals surface area contributed by atoms with Gasteiger partial charge >= 0.3 is 0 Å². The predicted molar refractivity (Wildman–Crippen MR) is 142 cm³/mol. The van der Waals surface area contributed by atoms with Crippen LogP contribution >= 0.6 is 0 Å². The molecule has 3 aromatic carbocycles. The van der Waals surface area contributed by atoms with Crippen LogP contribution in [-0.4, -0.2) is 40.1 Å². The molecule has 0 spiro atoms. The van der Waals surface area contributed by atoms with E-state index in [4.69, 9.17) is 4.74 Å². The molecule has 0 bridgehead atoms. The van der Waals surface area contributed by atoms with Crippen LogP contribution in [0.5, 0.6) is 5.75 Å². The number of ether oxygens (including phenoxy) is 1. The highest BCUT2D eigenvalue weighted by Crippen LogP contribution is 2.24. The quantitative estimate of drug-likeness (QED) is 0.361. The molecule has 1 amide bonds. The van der Waals surface area contributed by atoms with Crippen molar-refractivity contribution < 1.29 is 9.53 Å². The van der Waals surface area contributed by atoms with E-state index in [1.807, 2.05) is 54.3 Å². The number of carbonyl (C=O) groups is 1. The summed E-state index contributed by atoms with van der Waals surface area (Å²) < 4.78 is 7.04. The Morgan fingerprint density at radius 2 is 1.69 bits per heavy atom. The van der Waals surface area contributed by atoms with Gasteiger partial charge in [-0.3, -0.25) is 14.2 Å². The zero-order valence-electron chi connectivity index (χ0n) is 20.6. The highest BCUT2D eigenvalue weighted by molar-refractivity contribution is 5.94. The maximum absolute atomic E-state index is 13.1. The van der Waals surface area contributed by atoms with Crippen LogP contribution in [0, 0.1) is 5.92 Å². The lowest BCUT2D eigenvalue weighted by Crippen LogP contribution is -2.38. The number of benzene rings is 3. The van der Waals surface area contributed by atoms with Gasteiger partial charge in [0.15, 0.2) is 0 Å². The average molecular weight is 482 g/mol. The summed E-state index contributed by atoms with van der Waals surface area (Å²) in [6.07, 6.45) is 5.78. The average Bonchev–Trinajstić information content (AvgIpc) is 2.93. The van der Waals surface area contributed by atoms with Crippen molar-refractivity contribution >= 4 is 16.8 Å². The van der Waals surface area contributed by atoms with Gasteiger partial charge in [-0.1, -0.05) is 24.3 Å². The first-order valence-corrected chi connectivity index (χ1v) is 12.7. The van der Waals surface area contributed by atoms with Crippen molar-refractivity contribution in [3.8, 4) is 11.4 Å². The lowest BCUT2D eigenvalue weighted by Gasteiger charge is -2.32. The number of hydrogen-bond donors (Lipinski definition) is 0. The Morgan fingerprint density at radius 3 is 2.42 bits per heavy atom. The number of aryl methyl sites for hydroxylation is 1. The molecule has 1 saturated heterocycles. The summed E-state index contributed by atoms with van der Waals surface area (Å²) in [6.45, 7) is 4.24. The molecule has 1 aliphatic heterocycles. The highest BCUT2D eigenvalue weighted by atomic mass is 16.5. The van der Waals surface area contributed by atoms with Crippen LogP contribution in [0.3, 0.4) is 0 Å². The van der Waals surface area contributed by atoms with Crippen molar-refractivity contribution in [1.82, 2.24) is 14.5 Å². The first kappa shape index (κ1) is 23.8. The lowest BCUT2D eigenvalue weighted by molar-refractivity contribution is 0.0687. The van der Waals surface area contributed by atoms with E-state index in [0.717, 1.165) is 44.5 Å². The van der Waals surface area contributed by atoms with Gasteiger partial charge in [0, 0.05) is 18.7 Å². The number of fused-ring (bicyclic) bond motifs is 1. The van der Waals surface area contributed by atoms with E-state index in [2.05, 4.69) is 17.1 Å². The molecule has 0 saturated carbocycles. The lowest BCUT2D eigenvalue weighted by atomic mass is 9.90. The number of amides is 1. The fourth-order valence-electron chi connectivity index (χ4n) is 4.91. The van der Waals surface area contributed by atoms with Gasteiger partial charge < -0.3 is 9.64 Å². The third-order valence-corrected chi connectivity index (χ3v) is 7.04. The normalized spacial score (nSPS) is 14.2. The molecule has 0 aliphatic carbocycles. The summed E-state index contributed by atoms with van der Waals surface area (Å²) in [5.74, 6) is 1.60. The molecular formula is C30H31N3O3. The van der Waals surface area contributed by atoms with E-state index in [9.17, 15) is 9.59 Å². The van der Waals surface area contributed by atoms with Gasteiger partial charge in [-0.05, 0) is 92.6 Å². The molecule has 1 fully saturated rings. The van der Waals surface area contributed by atoms with Gasteiger partial charge in [-0.25, -0.2) is 4.98 Å². The van der Waals surface area contributed by atoms with Gasteiger partial charge in [-0.2, -0.15) is 0 Å². The van der Waals surface area contributed by atoms with Crippen LogP contribution in [0.1, 0.15) is 42.1 Å². The second-order valence-electron chi connectivity index (χ2n) is 9.33. The molecule has 1 aromatic heterocycles. The van der Waals surface area contributed by atoms with E-state index in [-0.39, 0.29) is 11.5 Å². The molecule has 0 N–H and O–H groups in total. The van der Waals surface area contributed by atoms with Crippen LogP contribution in [0.25, 0.3) is 16.6 Å². The van der Waals surface area contributed by atoms with Gasteiger partial charge in [0.05, 0.1) is 23.2 Å². The van der Waals surface area contributed by atoms with Gasteiger partial charge in [0.2, 0.25) is 0 Å². The molecule has 2 heterocycles. The minimum absolute atomic E-state index is 0.0514. The Balaban J connectivity index is 1.16. The van der Waals surface area contributed by atoms with E-state index in [1.165, 1.54) is 10.1 Å². The zero-order chi connectivity index (χ0) is 24.9. The van der Waals surface area contributed by atoms with Gasteiger partial charge in [-0.15, -0.1) is 0 Å². The Kier molecular flexibility index (Phi) is 7.12. The molecule has 5 rings (SSSR count). The van der Waals surface area contributed by atoms with Crippen LogP contribution in [-0.2, 0) is 6.42 Å². The molecule has 0 atom stereocenters. The summed E-state index contributed by atoms with van der Waals surface area (Å²) in [7, 11) is 0. The Labute approximate surface area is 211 Å². The number of aromatic nitrogens is 2. The van der Waals surface area contributed by atoms with Crippen LogP contribution in [0.4, 0.5) is 0 Å². The zero-order valence-corrected chi connectivity index (χ0v) is 20.6. The largest absolute Gasteiger partial charge is 0.494 e. The van der Waals surface area contributed by atoms with Crippen LogP contribution in [0.2, 0.25) is 0 Å². The number of rotatable bonds is 7. The first-order valence-electron chi connectivity index (χ1n) is 12.7. The molecule has 184 valence electrons. The van der Waals surface area contributed by atoms with Gasteiger partial charge in [0.25, 0.3) is 11.5 Å². The summed E-state index contributed by atoms with van der Waals surface area (Å²) in [4.78, 5) is 32.3. The van der Waals surface area contributed by atoms with Crippen molar-refractivity contribution in [1.29, 1.82) is 0 Å². The summed E-state index contributed by atoms with van der Waals surface area (Å²) in [5, 5.41) is 0.575. The summed E-state index contributed by atoms with van der Waals surface area (Å²) >= 11 is 0. The maximum atomic E-state index is 13.1. The van der Waals surface area contributed by atoms with Crippen molar-refractivity contribution in [2.75, 3.05) is 19.7 Å². The Bertz CT molecular complexity index is 1390. The fraction of sp³-hybridized carbons (Fsp3) is 0.300. The SMILES string of the molecule is CCOc1ccc(CCC2CCN(C(=O)c3ccc(-n4cnc5ccccc5c4=O)cc3)CC2)cc1. The molecule has 6 heteroatoms. The molecule has 36 heavy (non-hydrogen) atoms. The number of piperidine rings is 1. The second kappa shape index (κ2) is 10.8. The van der Waals surface area contributed by atoms with E-state index >= 15 is 0 Å². The summed E-state index contributed by atoms with van der Waals surface area (Å²) in [6, 6.07) is 22.9. The summed E-state index contributed by atoms with van der Waals surface area (Å²) in [5.41, 5.74) is 3.23. The van der Waals surface area contributed by atoms with E-state index in [1.54, 1.807) is 24.5 Å². The highest BCUT2D eigenvalue weighted by Gasteiger charge is 2.23. The smallest absolute Gasteiger partial charge is 0.265 e. The van der Waals surface area contributed by atoms with E-state index in [0.29, 0.717) is 34.7 Å². The first-order chi connectivity index (χ1) is 17.6. The number of para-hydroxylation sites is 1. The Hall–Kier alpha value is -3.93. The minimum atomic E-state index is -0.119. The monoisotopic (exact) mass is 481 g/mol. The minimum Gasteiger partial charge on any atom is -0.494 e. The van der Waals surface area contributed by atoms with Crippen molar-refractivity contribution in [2.45, 2.75) is 32.6 Å². The number of likely N-dealkylation sites (tertiary alicyclic amines) is 1. The van der Waals surface area contributed by atoms with Crippen molar-refractivity contribution in [3.63, 3.8) is 0 Å². The fourth-order valence-corrected chi connectivity index (χ4v) is 4.91. The van der Waals surface area contributed by atoms with Crippen LogP contribution in [0.15, 0.2) is 83.9 Å². The third kappa shape index (κ3) is 5.18. The molecule has 0 unspecified atom stereocenters. The van der Waals surface area contributed by atoms with Crippen LogP contribution < -0.4 is 10.3 Å². The van der Waals surface area contributed by atoms with Crippen molar-refractivity contribution in [2.24, 2.45) is 5.92 Å². The molecule has 0 radical (unpaired) electrons. The van der Waals surface area contributed by atoms with E-state index < -0.39 is 0 Å². The topological polar surface area (TPSA) is 64.4 Å². The molecular weight excluding hydrogens is 450 g/mol. The number of nitrogens with zero attached hydrogens (tertiary/aromatic N) is 3. The Morgan fingerprint density at radius 1 is 0.972 bits per heavy atom. The number of carbonyl (C=O) groups excluding carboxylic acids is 1. The van der Waals surface area contributed by atoms with Crippen molar-refractivity contribution in [3.05, 3.63) is 101 Å².